The van der Waals surface area contributed by atoms with Crippen LogP contribution in [-0.4, -0.2) is 4.57 Å². The average molecular weight is 838 g/mol. The predicted molar refractivity (Wildman–Crippen MR) is 280 cm³/mol. The first-order valence-electron chi connectivity index (χ1n) is 22.8. The second-order valence-corrected chi connectivity index (χ2v) is 17.5. The molecule has 306 valence electrons. The Labute approximate surface area is 380 Å². The van der Waals surface area contributed by atoms with Gasteiger partial charge in [-0.1, -0.05) is 194 Å². The van der Waals surface area contributed by atoms with Gasteiger partial charge < -0.3 is 8.98 Å². The van der Waals surface area contributed by atoms with Crippen molar-refractivity contribution < 1.29 is 4.42 Å². The van der Waals surface area contributed by atoms with Crippen LogP contribution in [0, 0.1) is 0 Å². The van der Waals surface area contributed by atoms with Crippen molar-refractivity contribution in [1.82, 2.24) is 4.57 Å². The fraction of sp³-hybridized carbons (Fsp3) is 0. The molecule has 0 radical (unpaired) electrons. The lowest BCUT2D eigenvalue weighted by molar-refractivity contribution is 0.669. The van der Waals surface area contributed by atoms with Gasteiger partial charge in [0.25, 0.3) is 0 Å². The van der Waals surface area contributed by atoms with E-state index in [1.54, 1.807) is 0 Å². The number of nitrogens with zero attached hydrogens (tertiary/aromatic N) is 1. The van der Waals surface area contributed by atoms with Crippen molar-refractivity contribution in [3.8, 4) is 50.2 Å². The molecule has 0 aliphatic rings. The quantitative estimate of drug-likeness (QED) is 0.158. The van der Waals surface area contributed by atoms with E-state index in [1.807, 2.05) is 0 Å². The van der Waals surface area contributed by atoms with Crippen LogP contribution in [0.3, 0.4) is 0 Å². The minimum Gasteiger partial charge on any atom is -0.456 e. The fourth-order valence-corrected chi connectivity index (χ4v) is 11.3. The highest BCUT2D eigenvalue weighted by atomic mass is 16.3. The van der Waals surface area contributed by atoms with E-state index in [0.29, 0.717) is 0 Å². The van der Waals surface area contributed by atoms with Crippen LogP contribution in [0.1, 0.15) is 0 Å². The van der Waals surface area contributed by atoms with E-state index in [0.717, 1.165) is 33.2 Å². The molecule has 2 aromatic heterocycles. The van der Waals surface area contributed by atoms with E-state index >= 15 is 0 Å². The SMILES string of the molecule is c1ccc(-c2c3ccccc3c(-c3cccc4oc5cc(-c6c7ccccc7c(-c7cccc(-n8c9ccccc9c9ccccc98)c7)c7ccccc67)ccc5c34)c3ccccc23)cc1. The Hall–Kier alpha value is -8.72. The number of hydrogen-bond donors (Lipinski definition) is 0. The minimum atomic E-state index is 0.876. The second kappa shape index (κ2) is 14.4. The third kappa shape index (κ3) is 5.36. The van der Waals surface area contributed by atoms with Gasteiger partial charge in [0.1, 0.15) is 11.2 Å². The van der Waals surface area contributed by atoms with Gasteiger partial charge in [0.2, 0.25) is 0 Å². The molecule has 0 aliphatic heterocycles. The van der Waals surface area contributed by atoms with Gasteiger partial charge >= 0.3 is 0 Å². The summed E-state index contributed by atoms with van der Waals surface area (Å²) in [4.78, 5) is 0. The number of para-hydroxylation sites is 2. The number of benzene rings is 12. The van der Waals surface area contributed by atoms with Gasteiger partial charge in [0, 0.05) is 27.2 Å². The molecule has 0 N–H and O–H groups in total. The Morgan fingerprint density at radius 2 is 0.682 bits per heavy atom. The molecule has 0 saturated heterocycles. The molecule has 2 heterocycles. The van der Waals surface area contributed by atoms with Crippen LogP contribution in [0.25, 0.3) is 137 Å². The van der Waals surface area contributed by atoms with E-state index < -0.39 is 0 Å². The van der Waals surface area contributed by atoms with Crippen molar-refractivity contribution in [2.45, 2.75) is 0 Å². The molecule has 0 saturated carbocycles. The minimum absolute atomic E-state index is 0.876. The first-order chi connectivity index (χ1) is 32.8. The third-order valence-corrected chi connectivity index (χ3v) is 14.0. The molecule has 14 aromatic rings. The summed E-state index contributed by atoms with van der Waals surface area (Å²) in [6, 6.07) is 86.3. The van der Waals surface area contributed by atoms with Gasteiger partial charge in [0.05, 0.1) is 11.0 Å². The topological polar surface area (TPSA) is 18.1 Å². The molecule has 14 rings (SSSR count). The van der Waals surface area contributed by atoms with Crippen LogP contribution in [0.2, 0.25) is 0 Å². The van der Waals surface area contributed by atoms with Crippen molar-refractivity contribution in [3.05, 3.63) is 237 Å². The smallest absolute Gasteiger partial charge is 0.136 e. The van der Waals surface area contributed by atoms with Crippen molar-refractivity contribution in [1.29, 1.82) is 0 Å². The maximum absolute atomic E-state index is 6.92. The zero-order chi connectivity index (χ0) is 43.3. The van der Waals surface area contributed by atoms with Crippen LogP contribution in [0.5, 0.6) is 0 Å². The monoisotopic (exact) mass is 837 g/mol. The molecule has 0 atom stereocenters. The van der Waals surface area contributed by atoms with E-state index in [-0.39, 0.29) is 0 Å². The number of furan rings is 1. The summed E-state index contributed by atoms with van der Waals surface area (Å²) in [6.45, 7) is 0. The molecule has 0 unspecified atom stereocenters. The first kappa shape index (κ1) is 36.7. The van der Waals surface area contributed by atoms with Gasteiger partial charge in [-0.25, -0.2) is 0 Å². The van der Waals surface area contributed by atoms with Gasteiger partial charge in [-0.3, -0.25) is 0 Å². The Morgan fingerprint density at radius 3 is 1.23 bits per heavy atom. The number of hydrogen-bond acceptors (Lipinski definition) is 1. The molecule has 12 aromatic carbocycles. The van der Waals surface area contributed by atoms with Crippen molar-refractivity contribution in [3.63, 3.8) is 0 Å². The standard InChI is InChI=1S/C64H39NO/c1-2-18-40(19-3-1)60-50-28-8-10-30-52(50)63(53-31-11-9-29-51(53)60)55-32-17-35-58-64(55)54-37-36-42(39-59(54)66-58)62-48-26-6-4-24-46(48)61(47-25-5-7-27-49(47)62)41-20-16-21-43(38-41)65-56-33-14-12-22-44(56)45-23-13-15-34-57(45)65/h1-39H. The van der Waals surface area contributed by atoms with Crippen LogP contribution in [0.15, 0.2) is 241 Å². The zero-order valence-corrected chi connectivity index (χ0v) is 35.9. The number of fused-ring (bicyclic) bond motifs is 10. The van der Waals surface area contributed by atoms with Gasteiger partial charge in [-0.2, -0.15) is 0 Å². The Bertz CT molecular complexity index is 4120. The molecule has 66 heavy (non-hydrogen) atoms. The summed E-state index contributed by atoms with van der Waals surface area (Å²) in [5, 5.41) is 14.6. The van der Waals surface area contributed by atoms with Crippen LogP contribution in [0.4, 0.5) is 0 Å². The summed E-state index contributed by atoms with van der Waals surface area (Å²) in [5.41, 5.74) is 15.0. The Balaban J connectivity index is 0.971. The number of rotatable bonds is 5. The van der Waals surface area contributed by atoms with Crippen LogP contribution >= 0.6 is 0 Å². The highest BCUT2D eigenvalue weighted by molar-refractivity contribution is 6.27. The summed E-state index contributed by atoms with van der Waals surface area (Å²) < 4.78 is 9.33. The zero-order valence-electron chi connectivity index (χ0n) is 35.9. The fourth-order valence-electron chi connectivity index (χ4n) is 11.3. The predicted octanol–water partition coefficient (Wildman–Crippen LogP) is 18.0. The van der Waals surface area contributed by atoms with E-state index in [1.165, 1.54) is 104 Å². The lowest BCUT2D eigenvalue weighted by atomic mass is 9.84. The largest absolute Gasteiger partial charge is 0.456 e. The molecule has 2 nitrogen and oxygen atoms in total. The van der Waals surface area contributed by atoms with E-state index in [2.05, 4.69) is 241 Å². The van der Waals surface area contributed by atoms with Crippen LogP contribution < -0.4 is 0 Å². The molecular weight excluding hydrogens is 799 g/mol. The molecule has 0 fully saturated rings. The average Bonchev–Trinajstić information content (AvgIpc) is 3.93. The lowest BCUT2D eigenvalue weighted by Gasteiger charge is -2.18. The Morgan fingerprint density at radius 1 is 0.258 bits per heavy atom. The highest BCUT2D eigenvalue weighted by Crippen LogP contribution is 2.49. The van der Waals surface area contributed by atoms with E-state index in [9.17, 15) is 0 Å². The van der Waals surface area contributed by atoms with Crippen molar-refractivity contribution in [2.24, 2.45) is 0 Å². The summed E-state index contributed by atoms with van der Waals surface area (Å²) in [7, 11) is 0. The normalized spacial score (nSPS) is 11.9. The molecule has 0 aliphatic carbocycles. The molecule has 0 spiro atoms. The number of aromatic nitrogens is 1. The molecule has 0 bridgehead atoms. The Kier molecular flexibility index (Phi) is 8.02. The van der Waals surface area contributed by atoms with Crippen molar-refractivity contribution >= 4 is 86.8 Å². The lowest BCUT2D eigenvalue weighted by Crippen LogP contribution is -1.95. The summed E-state index contributed by atoms with van der Waals surface area (Å²) in [6.07, 6.45) is 0. The van der Waals surface area contributed by atoms with Gasteiger partial charge in [-0.15, -0.1) is 0 Å². The molecule has 0 amide bonds. The third-order valence-electron chi connectivity index (χ3n) is 14.0. The highest BCUT2D eigenvalue weighted by Gasteiger charge is 2.22. The first-order valence-corrected chi connectivity index (χ1v) is 22.8. The molecular formula is C64H39NO. The van der Waals surface area contributed by atoms with Gasteiger partial charge in [-0.05, 0) is 130 Å². The maximum Gasteiger partial charge on any atom is 0.136 e. The summed E-state index contributed by atoms with van der Waals surface area (Å²) >= 11 is 0. The maximum atomic E-state index is 6.92. The summed E-state index contributed by atoms with van der Waals surface area (Å²) in [5.74, 6) is 0. The van der Waals surface area contributed by atoms with E-state index in [4.69, 9.17) is 4.42 Å². The van der Waals surface area contributed by atoms with Gasteiger partial charge in [0.15, 0.2) is 0 Å². The van der Waals surface area contributed by atoms with Crippen LogP contribution in [-0.2, 0) is 0 Å². The van der Waals surface area contributed by atoms with Crippen molar-refractivity contribution in [2.75, 3.05) is 0 Å². The second-order valence-electron chi connectivity index (χ2n) is 17.5. The molecule has 2 heteroatoms.